The minimum absolute atomic E-state index is 0.261. The van der Waals surface area contributed by atoms with E-state index < -0.39 is 27.3 Å². The van der Waals surface area contributed by atoms with Gasteiger partial charge >= 0.3 is 6.18 Å². The average molecular weight is 369 g/mol. The summed E-state index contributed by atoms with van der Waals surface area (Å²) < 4.78 is 51.6. The third-order valence-electron chi connectivity index (χ3n) is 3.32. The van der Waals surface area contributed by atoms with Crippen LogP contribution in [-0.2, 0) is 5.67 Å². The zero-order valence-corrected chi connectivity index (χ0v) is 12.8. The predicted octanol–water partition coefficient (Wildman–Crippen LogP) is 5.05. The SMILES string of the molecule is Oc1ccc(C(F)(c2ccc(O)cc2)C(Cl)(Cl)C(F)(F)F)cc1. The Morgan fingerprint density at radius 2 is 0.957 bits per heavy atom. The monoisotopic (exact) mass is 368 g/mol. The highest BCUT2D eigenvalue weighted by atomic mass is 35.5. The molecule has 2 aromatic rings. The molecule has 2 nitrogen and oxygen atoms in total. The molecule has 0 saturated carbocycles. The summed E-state index contributed by atoms with van der Waals surface area (Å²) in [5.41, 5.74) is -4.36. The van der Waals surface area contributed by atoms with Gasteiger partial charge in [0, 0.05) is 0 Å². The zero-order chi connectivity index (χ0) is 17.5. The van der Waals surface area contributed by atoms with Crippen LogP contribution in [0.25, 0.3) is 0 Å². The molecule has 2 rings (SSSR count). The average Bonchev–Trinajstić information content (AvgIpc) is 2.46. The molecule has 0 aliphatic carbocycles. The molecule has 124 valence electrons. The zero-order valence-electron chi connectivity index (χ0n) is 11.3. The molecule has 2 aromatic carbocycles. The number of hydrogen-bond acceptors (Lipinski definition) is 2. The van der Waals surface area contributed by atoms with Crippen molar-refractivity contribution in [1.29, 1.82) is 0 Å². The summed E-state index contributed by atoms with van der Waals surface area (Å²) in [6, 6.07) is 7.88. The Bertz CT molecular complexity index is 637. The van der Waals surface area contributed by atoms with Crippen LogP contribution in [0.2, 0.25) is 0 Å². The molecular weight excluding hydrogens is 359 g/mol. The van der Waals surface area contributed by atoms with Crippen LogP contribution in [0.15, 0.2) is 48.5 Å². The van der Waals surface area contributed by atoms with Crippen molar-refractivity contribution < 1.29 is 27.8 Å². The van der Waals surface area contributed by atoms with E-state index in [0.717, 1.165) is 48.5 Å². The maximum atomic E-state index is 15.6. The van der Waals surface area contributed by atoms with E-state index in [4.69, 9.17) is 23.2 Å². The van der Waals surface area contributed by atoms with Gasteiger partial charge in [0.2, 0.25) is 5.67 Å². The van der Waals surface area contributed by atoms with Crippen molar-refractivity contribution >= 4 is 23.2 Å². The number of phenols is 2. The molecule has 8 heteroatoms. The Morgan fingerprint density at radius 3 is 1.22 bits per heavy atom. The van der Waals surface area contributed by atoms with Gasteiger partial charge in [-0.25, -0.2) is 4.39 Å². The van der Waals surface area contributed by atoms with Gasteiger partial charge < -0.3 is 10.2 Å². The molecule has 0 bridgehead atoms. The molecule has 0 aliphatic heterocycles. The minimum atomic E-state index is -5.29. The van der Waals surface area contributed by atoms with Crippen LogP contribution in [-0.4, -0.2) is 20.7 Å². The summed E-state index contributed by atoms with van der Waals surface area (Å²) in [7, 11) is 0. The van der Waals surface area contributed by atoms with Gasteiger partial charge in [0.1, 0.15) is 11.5 Å². The first kappa shape index (κ1) is 17.7. The molecule has 0 aromatic heterocycles. The summed E-state index contributed by atoms with van der Waals surface area (Å²) in [5, 5.41) is 18.5. The van der Waals surface area contributed by atoms with Gasteiger partial charge in [0.15, 0.2) is 0 Å². The Labute approximate surface area is 138 Å². The van der Waals surface area contributed by atoms with Gasteiger partial charge in [-0.1, -0.05) is 47.5 Å². The number of benzene rings is 2. The van der Waals surface area contributed by atoms with Crippen molar-refractivity contribution in [2.75, 3.05) is 0 Å². The normalized spacial score (nSPS) is 13.1. The largest absolute Gasteiger partial charge is 0.508 e. The molecule has 0 amide bonds. The number of rotatable bonds is 3. The minimum Gasteiger partial charge on any atom is -0.508 e. The lowest BCUT2D eigenvalue weighted by Crippen LogP contribution is -2.51. The third-order valence-corrected chi connectivity index (χ3v) is 4.27. The van der Waals surface area contributed by atoms with Crippen LogP contribution in [0, 0.1) is 0 Å². The Kier molecular flexibility index (Phi) is 4.43. The number of halogens is 6. The van der Waals surface area contributed by atoms with E-state index in [-0.39, 0.29) is 11.5 Å². The topological polar surface area (TPSA) is 40.5 Å². The molecular formula is C15H10Cl2F4O2. The lowest BCUT2D eigenvalue weighted by atomic mass is 9.84. The van der Waals surface area contributed by atoms with E-state index >= 15 is 4.39 Å². The summed E-state index contributed by atoms with van der Waals surface area (Å²) >= 11 is 10.8. The second-order valence-electron chi connectivity index (χ2n) is 4.82. The van der Waals surface area contributed by atoms with E-state index in [9.17, 15) is 23.4 Å². The highest BCUT2D eigenvalue weighted by Crippen LogP contribution is 2.57. The molecule has 0 fully saturated rings. The van der Waals surface area contributed by atoms with E-state index in [0.29, 0.717) is 0 Å². The first-order chi connectivity index (χ1) is 10.5. The fourth-order valence-electron chi connectivity index (χ4n) is 2.11. The highest BCUT2D eigenvalue weighted by molar-refractivity contribution is 6.50. The summed E-state index contributed by atoms with van der Waals surface area (Å²) in [6.07, 6.45) is -5.29. The van der Waals surface area contributed by atoms with E-state index in [1.807, 2.05) is 0 Å². The predicted molar refractivity (Wildman–Crippen MR) is 78.6 cm³/mol. The van der Waals surface area contributed by atoms with Crippen molar-refractivity contribution in [2.45, 2.75) is 16.2 Å². The number of hydrogen-bond donors (Lipinski definition) is 2. The first-order valence-electron chi connectivity index (χ1n) is 6.22. The van der Waals surface area contributed by atoms with Crippen molar-refractivity contribution in [3.05, 3.63) is 59.7 Å². The van der Waals surface area contributed by atoms with Gasteiger partial charge in [0.05, 0.1) is 0 Å². The molecule has 0 heterocycles. The molecule has 0 saturated heterocycles. The van der Waals surface area contributed by atoms with Crippen LogP contribution in [0.1, 0.15) is 11.1 Å². The lowest BCUT2D eigenvalue weighted by molar-refractivity contribution is -0.166. The molecule has 0 spiro atoms. The van der Waals surface area contributed by atoms with E-state index in [1.165, 1.54) is 0 Å². The summed E-state index contributed by atoms with van der Waals surface area (Å²) in [5.74, 6) is -0.521. The van der Waals surface area contributed by atoms with Crippen LogP contribution in [0.5, 0.6) is 11.5 Å². The molecule has 23 heavy (non-hydrogen) atoms. The molecule has 0 atom stereocenters. The van der Waals surface area contributed by atoms with E-state index in [2.05, 4.69) is 0 Å². The fourth-order valence-corrected chi connectivity index (χ4v) is 2.54. The Morgan fingerprint density at radius 1 is 0.652 bits per heavy atom. The van der Waals surface area contributed by atoms with Gasteiger partial charge in [-0.15, -0.1) is 0 Å². The number of phenolic OH excluding ortho intramolecular Hbond substituents is 2. The quantitative estimate of drug-likeness (QED) is 0.588. The lowest BCUT2D eigenvalue weighted by Gasteiger charge is -2.38. The third kappa shape index (κ3) is 2.93. The van der Waals surface area contributed by atoms with Gasteiger partial charge in [-0.2, -0.15) is 13.2 Å². The van der Waals surface area contributed by atoms with Gasteiger partial charge in [-0.3, -0.25) is 0 Å². The highest BCUT2D eigenvalue weighted by Gasteiger charge is 2.68. The fraction of sp³-hybridized carbons (Fsp3) is 0.200. The standard InChI is InChI=1S/C15H10Cl2F4O2/c16-14(17,15(19,20)21)13(18,9-1-5-11(22)6-2-9)10-3-7-12(23)8-4-10/h1-8,22-23H. The molecule has 0 aliphatic rings. The Hall–Kier alpha value is -1.66. The summed E-state index contributed by atoms with van der Waals surface area (Å²) in [4.78, 5) is 0. The van der Waals surface area contributed by atoms with Crippen molar-refractivity contribution in [1.82, 2.24) is 0 Å². The first-order valence-corrected chi connectivity index (χ1v) is 6.98. The molecule has 2 N–H and O–H groups in total. The summed E-state index contributed by atoms with van der Waals surface area (Å²) in [6.45, 7) is 0. The van der Waals surface area contributed by atoms with Crippen molar-refractivity contribution in [2.24, 2.45) is 0 Å². The Balaban J connectivity index is 2.73. The van der Waals surface area contributed by atoms with Gasteiger partial charge in [0.25, 0.3) is 4.33 Å². The second-order valence-corrected chi connectivity index (χ2v) is 6.15. The van der Waals surface area contributed by atoms with Crippen LogP contribution in [0.4, 0.5) is 17.6 Å². The van der Waals surface area contributed by atoms with Crippen LogP contribution >= 0.6 is 23.2 Å². The number of alkyl halides is 6. The second kappa shape index (κ2) is 5.76. The smallest absolute Gasteiger partial charge is 0.425 e. The van der Waals surface area contributed by atoms with Crippen molar-refractivity contribution in [3.63, 3.8) is 0 Å². The molecule has 0 radical (unpaired) electrons. The maximum absolute atomic E-state index is 15.6. The van der Waals surface area contributed by atoms with Gasteiger partial charge in [-0.05, 0) is 35.4 Å². The van der Waals surface area contributed by atoms with E-state index in [1.54, 1.807) is 0 Å². The van der Waals surface area contributed by atoms with Crippen LogP contribution in [0.3, 0.4) is 0 Å². The van der Waals surface area contributed by atoms with Crippen LogP contribution < -0.4 is 0 Å². The molecule has 0 unspecified atom stereocenters. The number of aromatic hydroxyl groups is 2. The van der Waals surface area contributed by atoms with Crippen molar-refractivity contribution in [3.8, 4) is 11.5 Å². The maximum Gasteiger partial charge on any atom is 0.425 e.